The van der Waals surface area contributed by atoms with E-state index in [1.54, 1.807) is 0 Å². The Morgan fingerprint density at radius 1 is 1.12 bits per heavy atom. The van der Waals surface area contributed by atoms with Gasteiger partial charge in [0.15, 0.2) is 0 Å². The SMILES string of the molecule is O=C(NS(=O)(=O)C1CCCCC1)C(F)(F)F. The summed E-state index contributed by atoms with van der Waals surface area (Å²) in [5.74, 6) is -2.42. The molecular formula is C8H12F3NO3S. The first-order chi connectivity index (χ1) is 7.23. The zero-order valence-electron chi connectivity index (χ0n) is 8.38. The van der Waals surface area contributed by atoms with Crippen molar-refractivity contribution in [2.75, 3.05) is 0 Å². The van der Waals surface area contributed by atoms with Crippen LogP contribution in [0.3, 0.4) is 0 Å². The first-order valence-electron chi connectivity index (χ1n) is 4.86. The zero-order valence-corrected chi connectivity index (χ0v) is 9.20. The summed E-state index contributed by atoms with van der Waals surface area (Å²) in [7, 11) is -4.19. The first-order valence-corrected chi connectivity index (χ1v) is 6.41. The summed E-state index contributed by atoms with van der Waals surface area (Å²) in [5, 5.41) is -0.882. The molecule has 1 aliphatic carbocycles. The fraction of sp³-hybridized carbons (Fsp3) is 0.875. The Morgan fingerprint density at radius 3 is 2.06 bits per heavy atom. The smallest absolute Gasteiger partial charge is 0.263 e. The Balaban J connectivity index is 2.68. The van der Waals surface area contributed by atoms with E-state index in [1.165, 1.54) is 0 Å². The van der Waals surface area contributed by atoms with Gasteiger partial charge in [-0.05, 0) is 12.8 Å². The van der Waals surface area contributed by atoms with Gasteiger partial charge in [0, 0.05) is 0 Å². The lowest BCUT2D eigenvalue weighted by Crippen LogP contribution is -2.45. The molecule has 1 amide bonds. The van der Waals surface area contributed by atoms with Gasteiger partial charge in [-0.3, -0.25) is 4.79 Å². The van der Waals surface area contributed by atoms with Crippen molar-refractivity contribution in [2.45, 2.75) is 43.5 Å². The van der Waals surface area contributed by atoms with Gasteiger partial charge in [0.25, 0.3) is 0 Å². The van der Waals surface area contributed by atoms with Gasteiger partial charge in [-0.2, -0.15) is 13.2 Å². The Kier molecular flexibility index (Phi) is 3.82. The maximum Gasteiger partial charge on any atom is 0.472 e. The third kappa shape index (κ3) is 3.36. The summed E-state index contributed by atoms with van der Waals surface area (Å²) in [5.41, 5.74) is 0. The van der Waals surface area contributed by atoms with E-state index < -0.39 is 27.4 Å². The minimum atomic E-state index is -5.16. The van der Waals surface area contributed by atoms with Crippen molar-refractivity contribution in [2.24, 2.45) is 0 Å². The van der Waals surface area contributed by atoms with Crippen LogP contribution in [0.25, 0.3) is 0 Å². The van der Waals surface area contributed by atoms with Crippen molar-refractivity contribution in [1.29, 1.82) is 0 Å². The molecule has 0 bridgehead atoms. The van der Waals surface area contributed by atoms with Gasteiger partial charge in [0.2, 0.25) is 10.0 Å². The lowest BCUT2D eigenvalue weighted by Gasteiger charge is -2.22. The lowest BCUT2D eigenvalue weighted by atomic mass is 10.0. The average molecular weight is 259 g/mol. The topological polar surface area (TPSA) is 63.2 Å². The van der Waals surface area contributed by atoms with Crippen LogP contribution in [0.1, 0.15) is 32.1 Å². The lowest BCUT2D eigenvalue weighted by molar-refractivity contribution is -0.171. The molecule has 0 saturated heterocycles. The second-order valence-corrected chi connectivity index (χ2v) is 5.69. The van der Waals surface area contributed by atoms with E-state index >= 15 is 0 Å². The number of rotatable bonds is 2. The van der Waals surface area contributed by atoms with Gasteiger partial charge in [0.05, 0.1) is 5.25 Å². The molecule has 0 aromatic carbocycles. The molecular weight excluding hydrogens is 247 g/mol. The van der Waals surface area contributed by atoms with Crippen LogP contribution >= 0.6 is 0 Å². The molecule has 94 valence electrons. The largest absolute Gasteiger partial charge is 0.472 e. The summed E-state index contributed by atoms with van der Waals surface area (Å²) in [6.45, 7) is 0. The molecule has 0 aliphatic heterocycles. The number of sulfonamides is 1. The molecule has 0 radical (unpaired) electrons. The molecule has 8 heteroatoms. The molecule has 0 aromatic heterocycles. The number of hydrogen-bond acceptors (Lipinski definition) is 3. The molecule has 0 atom stereocenters. The van der Waals surface area contributed by atoms with Gasteiger partial charge >= 0.3 is 12.1 Å². The van der Waals surface area contributed by atoms with E-state index in [-0.39, 0.29) is 0 Å². The molecule has 0 heterocycles. The second-order valence-electron chi connectivity index (χ2n) is 3.73. The van der Waals surface area contributed by atoms with Crippen LogP contribution in [-0.2, 0) is 14.8 Å². The number of hydrogen-bond donors (Lipinski definition) is 1. The molecule has 1 N–H and O–H groups in total. The van der Waals surface area contributed by atoms with Crippen LogP contribution in [0.15, 0.2) is 0 Å². The number of alkyl halides is 3. The van der Waals surface area contributed by atoms with Gasteiger partial charge in [-0.15, -0.1) is 0 Å². The molecule has 0 spiro atoms. The molecule has 1 saturated carbocycles. The van der Waals surface area contributed by atoms with E-state index in [4.69, 9.17) is 0 Å². The fourth-order valence-electron chi connectivity index (χ4n) is 1.65. The Bertz CT molecular complexity index is 357. The summed E-state index contributed by atoms with van der Waals surface area (Å²) < 4.78 is 59.5. The summed E-state index contributed by atoms with van der Waals surface area (Å²) >= 11 is 0. The number of carbonyl (C=O) groups is 1. The van der Waals surface area contributed by atoms with Crippen LogP contribution in [0.4, 0.5) is 13.2 Å². The normalized spacial score (nSPS) is 19.4. The highest BCUT2D eigenvalue weighted by Gasteiger charge is 2.42. The van der Waals surface area contributed by atoms with Crippen molar-refractivity contribution in [1.82, 2.24) is 4.72 Å². The third-order valence-electron chi connectivity index (χ3n) is 2.48. The van der Waals surface area contributed by atoms with Gasteiger partial charge < -0.3 is 0 Å². The van der Waals surface area contributed by atoms with Crippen LogP contribution in [0.2, 0.25) is 0 Å². The first kappa shape index (κ1) is 13.3. The molecule has 4 nitrogen and oxygen atoms in total. The molecule has 1 rings (SSSR count). The summed E-state index contributed by atoms with van der Waals surface area (Å²) in [4.78, 5) is 10.5. The monoisotopic (exact) mass is 259 g/mol. The van der Waals surface area contributed by atoms with E-state index in [1.807, 2.05) is 0 Å². The van der Waals surface area contributed by atoms with Crippen molar-refractivity contribution in [3.8, 4) is 0 Å². The number of carbonyl (C=O) groups excluding carboxylic acids is 1. The predicted molar refractivity (Wildman–Crippen MR) is 50.0 cm³/mol. The molecule has 16 heavy (non-hydrogen) atoms. The number of halogens is 3. The minimum Gasteiger partial charge on any atom is -0.263 e. The second kappa shape index (κ2) is 4.60. The molecule has 0 aromatic rings. The van der Waals surface area contributed by atoms with Gasteiger partial charge in [-0.25, -0.2) is 13.1 Å². The van der Waals surface area contributed by atoms with Crippen molar-refractivity contribution >= 4 is 15.9 Å². The van der Waals surface area contributed by atoms with Crippen molar-refractivity contribution < 1.29 is 26.4 Å². The maximum absolute atomic E-state index is 11.9. The quantitative estimate of drug-likeness (QED) is 0.813. The van der Waals surface area contributed by atoms with Crippen LogP contribution < -0.4 is 4.72 Å². The predicted octanol–water partition coefficient (Wildman–Crippen LogP) is 1.33. The molecule has 0 unspecified atom stereocenters. The van der Waals surface area contributed by atoms with Crippen molar-refractivity contribution in [3.63, 3.8) is 0 Å². The van der Waals surface area contributed by atoms with Crippen molar-refractivity contribution in [3.05, 3.63) is 0 Å². The molecule has 1 fully saturated rings. The highest BCUT2D eigenvalue weighted by Crippen LogP contribution is 2.24. The Morgan fingerprint density at radius 2 is 1.62 bits per heavy atom. The third-order valence-corrected chi connectivity index (χ3v) is 4.30. The van der Waals surface area contributed by atoms with E-state index in [0.29, 0.717) is 25.7 Å². The van der Waals surface area contributed by atoms with Crippen LogP contribution in [0, 0.1) is 0 Å². The van der Waals surface area contributed by atoms with Gasteiger partial charge in [-0.1, -0.05) is 19.3 Å². The van der Waals surface area contributed by atoms with Crippen LogP contribution in [-0.4, -0.2) is 25.8 Å². The molecule has 1 aliphatic rings. The van der Waals surface area contributed by atoms with Crippen LogP contribution in [0.5, 0.6) is 0 Å². The highest BCUT2D eigenvalue weighted by molar-refractivity contribution is 7.90. The highest BCUT2D eigenvalue weighted by atomic mass is 32.2. The fourth-order valence-corrected chi connectivity index (χ4v) is 3.14. The summed E-state index contributed by atoms with van der Waals surface area (Å²) in [6, 6.07) is 0. The maximum atomic E-state index is 11.9. The Hall–Kier alpha value is -0.790. The summed E-state index contributed by atoms with van der Waals surface area (Å²) in [6.07, 6.45) is -2.36. The Labute approximate surface area is 91.3 Å². The van der Waals surface area contributed by atoms with E-state index in [0.717, 1.165) is 11.1 Å². The average Bonchev–Trinajstić information content (AvgIpc) is 2.17. The van der Waals surface area contributed by atoms with E-state index in [2.05, 4.69) is 0 Å². The number of nitrogens with one attached hydrogen (secondary N) is 1. The minimum absolute atomic E-state index is 0.306. The van der Waals surface area contributed by atoms with Gasteiger partial charge in [0.1, 0.15) is 0 Å². The van der Waals surface area contributed by atoms with E-state index in [9.17, 15) is 26.4 Å². The zero-order chi connectivity index (χ0) is 12.4. The number of amides is 1. The standard InChI is InChI=1S/C8H12F3NO3S/c9-8(10,11)7(13)12-16(14,15)6-4-2-1-3-5-6/h6H,1-5H2,(H,12,13).